The van der Waals surface area contributed by atoms with Crippen LogP contribution in [0, 0.1) is 0 Å². The Morgan fingerprint density at radius 1 is 1.12 bits per heavy atom. The fraction of sp³-hybridized carbons (Fsp3) is 0.650. The first-order valence-electron chi connectivity index (χ1n) is 9.62. The van der Waals surface area contributed by atoms with Crippen molar-refractivity contribution in [2.24, 2.45) is 0 Å². The van der Waals surface area contributed by atoms with E-state index in [4.69, 9.17) is 14.2 Å². The molecule has 0 radical (unpaired) electrons. The van der Waals surface area contributed by atoms with E-state index in [1.807, 2.05) is 0 Å². The molecule has 2 N–H and O–H groups in total. The van der Waals surface area contributed by atoms with E-state index in [-0.39, 0.29) is 11.4 Å². The number of hydrogen-bond acceptors (Lipinski definition) is 4. The Bertz CT molecular complexity index is 608. The van der Waals surface area contributed by atoms with Gasteiger partial charge in [-0.1, -0.05) is 6.42 Å². The predicted octanol–water partition coefficient (Wildman–Crippen LogP) is 1.05. The monoisotopic (exact) mass is 363 g/mol. The average molecular weight is 363 g/mol. The molecule has 1 saturated carbocycles. The van der Waals surface area contributed by atoms with Gasteiger partial charge in [0.05, 0.1) is 34.0 Å². The summed E-state index contributed by atoms with van der Waals surface area (Å²) in [4.78, 5) is 14.3. The third kappa shape index (κ3) is 4.13. The lowest BCUT2D eigenvalue weighted by Gasteiger charge is -2.45. The average Bonchev–Trinajstić information content (AvgIpc) is 2.72. The zero-order valence-corrected chi connectivity index (χ0v) is 15.9. The van der Waals surface area contributed by atoms with Crippen LogP contribution in [0.1, 0.15) is 42.5 Å². The number of morpholine rings is 1. The second-order valence-corrected chi connectivity index (χ2v) is 7.31. The van der Waals surface area contributed by atoms with Gasteiger partial charge in [-0.05, 0) is 31.0 Å². The van der Waals surface area contributed by atoms with Crippen LogP contribution in [0.4, 0.5) is 0 Å². The number of methoxy groups -OCH3 is 2. The molecule has 1 saturated heterocycles. The van der Waals surface area contributed by atoms with Crippen molar-refractivity contribution in [2.45, 2.75) is 37.6 Å². The quantitative estimate of drug-likeness (QED) is 0.793. The van der Waals surface area contributed by atoms with Crippen LogP contribution in [-0.4, -0.2) is 58.5 Å². The molecule has 0 atom stereocenters. The Balaban J connectivity index is 1.69. The molecule has 2 aliphatic rings. The van der Waals surface area contributed by atoms with Crippen molar-refractivity contribution < 1.29 is 23.9 Å². The van der Waals surface area contributed by atoms with Crippen LogP contribution < -0.4 is 19.7 Å². The molecule has 0 bridgehead atoms. The molecule has 1 aliphatic carbocycles. The number of nitrogens with one attached hydrogen (secondary N) is 2. The predicted molar refractivity (Wildman–Crippen MR) is 99.2 cm³/mol. The molecular formula is C20H31N2O4+. The molecule has 1 heterocycles. The maximum absolute atomic E-state index is 12.7. The Hall–Kier alpha value is -1.79. The highest BCUT2D eigenvalue weighted by Crippen LogP contribution is 2.28. The van der Waals surface area contributed by atoms with E-state index in [0.29, 0.717) is 17.1 Å². The van der Waals surface area contributed by atoms with Gasteiger partial charge in [-0.3, -0.25) is 4.79 Å². The molecule has 3 rings (SSSR count). The number of hydrogen-bond donors (Lipinski definition) is 2. The molecule has 1 amide bonds. The van der Waals surface area contributed by atoms with E-state index >= 15 is 0 Å². The van der Waals surface area contributed by atoms with Crippen molar-refractivity contribution in [1.82, 2.24) is 5.32 Å². The Kier molecular flexibility index (Phi) is 6.38. The largest absolute Gasteiger partial charge is 0.493 e. The zero-order valence-electron chi connectivity index (χ0n) is 15.9. The summed E-state index contributed by atoms with van der Waals surface area (Å²) in [7, 11) is 3.17. The number of amides is 1. The van der Waals surface area contributed by atoms with E-state index < -0.39 is 0 Å². The maximum Gasteiger partial charge on any atom is 0.251 e. The molecule has 6 nitrogen and oxygen atoms in total. The third-order valence-electron chi connectivity index (χ3n) is 5.89. The number of rotatable bonds is 6. The molecule has 6 heteroatoms. The summed E-state index contributed by atoms with van der Waals surface area (Å²) in [6.07, 6.45) is 6.14. The standard InChI is InChI=1S/C20H30N2O4/c1-24-17-7-6-16(14-18(17)25-2)19(23)21-15-20(8-4-3-5-9-20)22-10-12-26-13-11-22/h6-7,14H,3-5,8-13,15H2,1-2H3,(H,21,23)/p+1. The second kappa shape index (κ2) is 8.73. The van der Waals surface area contributed by atoms with Crippen molar-refractivity contribution in [3.8, 4) is 11.5 Å². The topological polar surface area (TPSA) is 61.2 Å². The molecule has 1 aromatic rings. The number of carbonyl (C=O) groups is 1. The fourth-order valence-corrected chi connectivity index (χ4v) is 4.36. The van der Waals surface area contributed by atoms with Gasteiger partial charge < -0.3 is 24.4 Å². The minimum atomic E-state index is -0.0523. The minimum absolute atomic E-state index is 0.0523. The minimum Gasteiger partial charge on any atom is -0.493 e. The first-order chi connectivity index (χ1) is 12.7. The molecular weight excluding hydrogens is 332 g/mol. The number of ether oxygens (including phenoxy) is 3. The smallest absolute Gasteiger partial charge is 0.251 e. The third-order valence-corrected chi connectivity index (χ3v) is 5.89. The summed E-state index contributed by atoms with van der Waals surface area (Å²) >= 11 is 0. The van der Waals surface area contributed by atoms with Gasteiger partial charge in [-0.25, -0.2) is 0 Å². The highest BCUT2D eigenvalue weighted by Gasteiger charge is 2.42. The lowest BCUT2D eigenvalue weighted by atomic mass is 9.79. The van der Waals surface area contributed by atoms with Crippen LogP contribution in [0.5, 0.6) is 11.5 Å². The van der Waals surface area contributed by atoms with Gasteiger partial charge in [0, 0.05) is 18.4 Å². The fourth-order valence-electron chi connectivity index (χ4n) is 4.36. The molecule has 1 aromatic carbocycles. The maximum atomic E-state index is 12.7. The second-order valence-electron chi connectivity index (χ2n) is 7.31. The molecule has 0 unspecified atom stereocenters. The van der Waals surface area contributed by atoms with Crippen LogP contribution in [0.15, 0.2) is 18.2 Å². The van der Waals surface area contributed by atoms with Gasteiger partial charge in [-0.2, -0.15) is 0 Å². The van der Waals surface area contributed by atoms with Gasteiger partial charge in [0.2, 0.25) is 0 Å². The zero-order chi connectivity index (χ0) is 18.4. The number of benzene rings is 1. The highest BCUT2D eigenvalue weighted by molar-refractivity contribution is 5.94. The Labute approximate surface area is 155 Å². The van der Waals surface area contributed by atoms with Gasteiger partial charge in [0.1, 0.15) is 18.6 Å². The van der Waals surface area contributed by atoms with Gasteiger partial charge in [0.15, 0.2) is 11.5 Å². The molecule has 1 aliphatic heterocycles. The van der Waals surface area contributed by atoms with Gasteiger partial charge in [-0.15, -0.1) is 0 Å². The van der Waals surface area contributed by atoms with E-state index in [0.717, 1.165) is 32.8 Å². The summed E-state index contributed by atoms with van der Waals surface area (Å²) in [5.74, 6) is 1.15. The Morgan fingerprint density at radius 3 is 2.46 bits per heavy atom. The number of carbonyl (C=O) groups excluding carboxylic acids is 1. The molecule has 0 spiro atoms. The summed E-state index contributed by atoms with van der Waals surface area (Å²) in [6, 6.07) is 5.30. The van der Waals surface area contributed by atoms with Crippen molar-refractivity contribution in [1.29, 1.82) is 0 Å². The number of quaternary nitrogens is 1. The molecule has 0 aromatic heterocycles. The first kappa shape index (κ1) is 19.0. The summed E-state index contributed by atoms with van der Waals surface area (Å²) in [6.45, 7) is 4.43. The highest BCUT2D eigenvalue weighted by atomic mass is 16.5. The van der Waals surface area contributed by atoms with Crippen LogP contribution >= 0.6 is 0 Å². The summed E-state index contributed by atoms with van der Waals surface area (Å²) in [5, 5.41) is 3.20. The SMILES string of the molecule is COc1ccc(C(=O)NCC2([NH+]3CCOCC3)CCCCC2)cc1OC. The molecule has 2 fully saturated rings. The van der Waals surface area contributed by atoms with Crippen LogP contribution in [0.2, 0.25) is 0 Å². The Morgan fingerprint density at radius 2 is 1.81 bits per heavy atom. The van der Waals surface area contributed by atoms with Crippen molar-refractivity contribution in [3.63, 3.8) is 0 Å². The van der Waals surface area contributed by atoms with Crippen molar-refractivity contribution in [2.75, 3.05) is 47.1 Å². The first-order valence-corrected chi connectivity index (χ1v) is 9.62. The van der Waals surface area contributed by atoms with E-state index in [1.165, 1.54) is 32.1 Å². The van der Waals surface area contributed by atoms with Crippen molar-refractivity contribution in [3.05, 3.63) is 23.8 Å². The van der Waals surface area contributed by atoms with E-state index in [1.54, 1.807) is 37.3 Å². The van der Waals surface area contributed by atoms with Crippen LogP contribution in [0.3, 0.4) is 0 Å². The van der Waals surface area contributed by atoms with Gasteiger partial charge >= 0.3 is 0 Å². The lowest BCUT2D eigenvalue weighted by Crippen LogP contribution is -3.23. The normalized spacial score (nSPS) is 20.4. The van der Waals surface area contributed by atoms with Crippen molar-refractivity contribution >= 4 is 5.91 Å². The van der Waals surface area contributed by atoms with Crippen LogP contribution in [0.25, 0.3) is 0 Å². The van der Waals surface area contributed by atoms with E-state index in [2.05, 4.69) is 5.32 Å². The molecule has 144 valence electrons. The van der Waals surface area contributed by atoms with Gasteiger partial charge in [0.25, 0.3) is 5.91 Å². The summed E-state index contributed by atoms with van der Waals surface area (Å²) < 4.78 is 16.1. The van der Waals surface area contributed by atoms with E-state index in [9.17, 15) is 4.79 Å². The molecule has 26 heavy (non-hydrogen) atoms. The summed E-state index contributed by atoms with van der Waals surface area (Å²) in [5.41, 5.74) is 0.749. The lowest BCUT2D eigenvalue weighted by molar-refractivity contribution is -0.960. The van der Waals surface area contributed by atoms with Crippen LogP contribution in [-0.2, 0) is 4.74 Å².